The van der Waals surface area contributed by atoms with Crippen LogP contribution in [0.15, 0.2) is 30.3 Å². The molecular weight excluding hydrogens is 243 g/mol. The molecule has 0 aliphatic rings. The first-order valence-electron chi connectivity index (χ1n) is 5.45. The molecule has 0 amide bonds. The monoisotopic (exact) mass is 255 g/mol. The zero-order valence-electron chi connectivity index (χ0n) is 9.70. The van der Waals surface area contributed by atoms with Crippen LogP contribution in [0.5, 0.6) is 0 Å². The number of nitrogens with zero attached hydrogens (tertiary/aromatic N) is 2. The molecule has 18 heavy (non-hydrogen) atoms. The Kier molecular flexibility index (Phi) is 3.02. The van der Waals surface area contributed by atoms with Gasteiger partial charge in [0.25, 0.3) is 0 Å². The minimum Gasteiger partial charge on any atom is -0.383 e. The van der Waals surface area contributed by atoms with E-state index in [1.807, 2.05) is 0 Å². The molecule has 0 saturated carbocycles. The van der Waals surface area contributed by atoms with E-state index in [1.165, 1.54) is 0 Å². The van der Waals surface area contributed by atoms with E-state index in [2.05, 4.69) is 5.10 Å². The van der Waals surface area contributed by atoms with Crippen LogP contribution in [-0.2, 0) is 12.6 Å². The van der Waals surface area contributed by atoms with Gasteiger partial charge in [-0.25, -0.2) is 4.68 Å². The lowest BCUT2D eigenvalue weighted by atomic mass is 10.2. The molecule has 0 spiro atoms. The lowest BCUT2D eigenvalue weighted by Gasteiger charge is -2.03. The normalized spacial score (nSPS) is 11.8. The summed E-state index contributed by atoms with van der Waals surface area (Å²) in [6.45, 7) is 1.62. The first kappa shape index (κ1) is 12.5. The van der Waals surface area contributed by atoms with Crippen LogP contribution in [0.1, 0.15) is 18.2 Å². The number of rotatable bonds is 2. The van der Waals surface area contributed by atoms with Crippen molar-refractivity contribution in [2.24, 2.45) is 0 Å². The standard InChI is InChI=1S/C12H12F3N3/c1-2-9-10(12(13,14)15)17-18(11(9)16)8-6-4-3-5-7-8/h3-7H,2,16H2,1H3. The van der Waals surface area contributed by atoms with Gasteiger partial charge in [-0.1, -0.05) is 25.1 Å². The van der Waals surface area contributed by atoms with E-state index in [1.54, 1.807) is 37.3 Å². The molecule has 1 aromatic carbocycles. The summed E-state index contributed by atoms with van der Waals surface area (Å²) in [6, 6.07) is 8.52. The zero-order chi connectivity index (χ0) is 13.3. The summed E-state index contributed by atoms with van der Waals surface area (Å²) in [7, 11) is 0. The molecule has 0 aliphatic carbocycles. The summed E-state index contributed by atoms with van der Waals surface area (Å²) in [6.07, 6.45) is -4.30. The number of hydrogen-bond acceptors (Lipinski definition) is 2. The highest BCUT2D eigenvalue weighted by molar-refractivity contribution is 5.50. The van der Waals surface area contributed by atoms with Crippen molar-refractivity contribution in [1.29, 1.82) is 0 Å². The van der Waals surface area contributed by atoms with E-state index < -0.39 is 11.9 Å². The predicted octanol–water partition coefficient (Wildman–Crippen LogP) is 3.04. The van der Waals surface area contributed by atoms with Gasteiger partial charge in [0, 0.05) is 5.56 Å². The van der Waals surface area contributed by atoms with Crippen molar-refractivity contribution in [3.8, 4) is 5.69 Å². The average molecular weight is 255 g/mol. The van der Waals surface area contributed by atoms with Crippen LogP contribution >= 0.6 is 0 Å². The van der Waals surface area contributed by atoms with Crippen LogP contribution in [0, 0.1) is 0 Å². The van der Waals surface area contributed by atoms with Gasteiger partial charge in [-0.05, 0) is 18.6 Å². The second-order valence-corrected chi connectivity index (χ2v) is 3.81. The number of hydrogen-bond donors (Lipinski definition) is 1. The van der Waals surface area contributed by atoms with Crippen molar-refractivity contribution in [1.82, 2.24) is 9.78 Å². The Morgan fingerprint density at radius 1 is 1.22 bits per heavy atom. The van der Waals surface area contributed by atoms with Crippen molar-refractivity contribution in [2.75, 3.05) is 5.73 Å². The maximum atomic E-state index is 12.8. The molecular formula is C12H12F3N3. The fourth-order valence-electron chi connectivity index (χ4n) is 1.81. The Bertz CT molecular complexity index is 544. The van der Waals surface area contributed by atoms with Crippen LogP contribution < -0.4 is 5.73 Å². The number of para-hydroxylation sites is 1. The number of benzene rings is 1. The zero-order valence-corrected chi connectivity index (χ0v) is 9.70. The lowest BCUT2D eigenvalue weighted by Crippen LogP contribution is -2.09. The largest absolute Gasteiger partial charge is 0.435 e. The van der Waals surface area contributed by atoms with Gasteiger partial charge in [-0.3, -0.25) is 0 Å². The van der Waals surface area contributed by atoms with E-state index in [-0.39, 0.29) is 17.8 Å². The van der Waals surface area contributed by atoms with Crippen molar-refractivity contribution in [3.63, 3.8) is 0 Å². The molecule has 2 rings (SSSR count). The molecule has 6 heteroatoms. The second kappa shape index (κ2) is 4.36. The fourth-order valence-corrected chi connectivity index (χ4v) is 1.81. The summed E-state index contributed by atoms with van der Waals surface area (Å²) >= 11 is 0. The van der Waals surface area contributed by atoms with E-state index >= 15 is 0 Å². The first-order valence-corrected chi connectivity index (χ1v) is 5.45. The molecule has 2 N–H and O–H groups in total. The molecule has 1 aromatic heterocycles. The van der Waals surface area contributed by atoms with Crippen LogP contribution in [0.2, 0.25) is 0 Å². The van der Waals surface area contributed by atoms with Crippen LogP contribution in [0.3, 0.4) is 0 Å². The molecule has 0 saturated heterocycles. The summed E-state index contributed by atoms with van der Waals surface area (Å²) in [5, 5.41) is 3.59. The third-order valence-electron chi connectivity index (χ3n) is 2.65. The van der Waals surface area contributed by atoms with Crippen molar-refractivity contribution in [3.05, 3.63) is 41.6 Å². The number of alkyl halides is 3. The number of halogens is 3. The number of anilines is 1. The van der Waals surface area contributed by atoms with Crippen molar-refractivity contribution in [2.45, 2.75) is 19.5 Å². The molecule has 0 unspecified atom stereocenters. The highest BCUT2D eigenvalue weighted by atomic mass is 19.4. The second-order valence-electron chi connectivity index (χ2n) is 3.81. The quantitative estimate of drug-likeness (QED) is 0.896. The maximum Gasteiger partial charge on any atom is 0.435 e. The third kappa shape index (κ3) is 2.05. The average Bonchev–Trinajstić information content (AvgIpc) is 2.67. The number of aromatic nitrogens is 2. The Morgan fingerprint density at radius 3 is 2.28 bits per heavy atom. The third-order valence-corrected chi connectivity index (χ3v) is 2.65. The van der Waals surface area contributed by atoms with Gasteiger partial charge in [-0.15, -0.1) is 0 Å². The van der Waals surface area contributed by atoms with Gasteiger partial charge in [0.2, 0.25) is 0 Å². The van der Waals surface area contributed by atoms with Crippen LogP contribution in [0.25, 0.3) is 5.69 Å². The van der Waals surface area contributed by atoms with Gasteiger partial charge in [0.05, 0.1) is 5.69 Å². The van der Waals surface area contributed by atoms with Gasteiger partial charge in [0.15, 0.2) is 5.69 Å². The van der Waals surface area contributed by atoms with Gasteiger partial charge < -0.3 is 5.73 Å². The number of nitrogens with two attached hydrogens (primary N) is 1. The van der Waals surface area contributed by atoms with Gasteiger partial charge in [-0.2, -0.15) is 18.3 Å². The minimum absolute atomic E-state index is 0.0337. The Balaban J connectivity index is 2.61. The number of nitrogen functional groups attached to an aromatic ring is 1. The van der Waals surface area contributed by atoms with E-state index in [4.69, 9.17) is 5.73 Å². The molecule has 0 fully saturated rings. The molecule has 0 bridgehead atoms. The topological polar surface area (TPSA) is 43.8 Å². The van der Waals surface area contributed by atoms with Crippen molar-refractivity contribution >= 4 is 5.82 Å². The molecule has 0 radical (unpaired) electrons. The van der Waals surface area contributed by atoms with E-state index in [9.17, 15) is 13.2 Å². The molecule has 0 aliphatic heterocycles. The first-order chi connectivity index (χ1) is 8.45. The highest BCUT2D eigenvalue weighted by Gasteiger charge is 2.38. The summed E-state index contributed by atoms with van der Waals surface area (Å²) in [4.78, 5) is 0. The molecule has 3 nitrogen and oxygen atoms in total. The van der Waals surface area contributed by atoms with Crippen LogP contribution in [-0.4, -0.2) is 9.78 Å². The van der Waals surface area contributed by atoms with Gasteiger partial charge in [0.1, 0.15) is 5.82 Å². The molecule has 1 heterocycles. The van der Waals surface area contributed by atoms with Crippen molar-refractivity contribution < 1.29 is 13.2 Å². The smallest absolute Gasteiger partial charge is 0.383 e. The molecule has 0 atom stereocenters. The summed E-state index contributed by atoms with van der Waals surface area (Å²) in [5.41, 5.74) is 5.38. The summed E-state index contributed by atoms with van der Waals surface area (Å²) < 4.78 is 39.6. The van der Waals surface area contributed by atoms with E-state index in [0.29, 0.717) is 5.69 Å². The Hall–Kier alpha value is -1.98. The fraction of sp³-hybridized carbons (Fsp3) is 0.250. The minimum atomic E-state index is -4.49. The lowest BCUT2D eigenvalue weighted by molar-refractivity contribution is -0.141. The summed E-state index contributed by atoms with van der Waals surface area (Å²) in [5.74, 6) is 0.0380. The highest BCUT2D eigenvalue weighted by Crippen LogP contribution is 2.34. The molecule has 96 valence electrons. The molecule has 2 aromatic rings. The maximum absolute atomic E-state index is 12.8. The Morgan fingerprint density at radius 2 is 1.83 bits per heavy atom. The Labute approximate surface area is 102 Å². The predicted molar refractivity (Wildman–Crippen MR) is 62.4 cm³/mol. The van der Waals surface area contributed by atoms with Gasteiger partial charge >= 0.3 is 6.18 Å². The van der Waals surface area contributed by atoms with Crippen LogP contribution in [0.4, 0.5) is 19.0 Å². The SMILES string of the molecule is CCc1c(C(F)(F)F)nn(-c2ccccc2)c1N. The van der Waals surface area contributed by atoms with E-state index in [0.717, 1.165) is 4.68 Å².